The zero-order chi connectivity index (χ0) is 74.4. The van der Waals surface area contributed by atoms with E-state index in [1.807, 2.05) is 71.9 Å². The van der Waals surface area contributed by atoms with Gasteiger partial charge < -0.3 is 56.1 Å². The molecule has 3 heterocycles. The number of methoxy groups -OCH3 is 1. The van der Waals surface area contributed by atoms with Gasteiger partial charge in [-0.1, -0.05) is 39.0 Å². The second-order valence-electron chi connectivity index (χ2n) is 25.3. The molecule has 3 aromatic carbocycles. The van der Waals surface area contributed by atoms with E-state index < -0.39 is 115 Å². The van der Waals surface area contributed by atoms with Crippen molar-refractivity contribution in [3.05, 3.63) is 124 Å². The van der Waals surface area contributed by atoms with Crippen LogP contribution in [-0.4, -0.2) is 171 Å². The second kappa shape index (κ2) is 36.6. The number of hydrogen-bond acceptors (Lipinski definition) is 19. The molecule has 9 amide bonds. The van der Waals surface area contributed by atoms with Crippen LogP contribution in [0.5, 0.6) is 11.5 Å². The maximum Gasteiger partial charge on any atom is 0.294 e. The van der Waals surface area contributed by atoms with Gasteiger partial charge in [-0.2, -0.15) is 13.0 Å². The fraction of sp³-hybridized carbons (Fsp3) is 0.478. The van der Waals surface area contributed by atoms with Crippen LogP contribution in [0.2, 0.25) is 0 Å². The smallest absolute Gasteiger partial charge is 0.294 e. The van der Waals surface area contributed by atoms with Crippen LogP contribution in [-0.2, 0) is 74.2 Å². The Balaban J connectivity index is 1.03. The molecule has 30 nitrogen and oxygen atoms in total. The first kappa shape index (κ1) is 80.3. The number of allylic oxidation sites excluding steroid dienone is 6. The Hall–Kier alpha value is -9.66. The number of carbonyl (C=O) groups excluding carboxylic acids is 9. The predicted molar refractivity (Wildman–Crippen MR) is 372 cm³/mol. The summed E-state index contributed by atoms with van der Waals surface area (Å²) in [4.78, 5) is 128. The van der Waals surface area contributed by atoms with E-state index in [1.165, 1.54) is 44.4 Å². The normalized spacial score (nSPS) is 15.5. The highest BCUT2D eigenvalue weighted by atomic mass is 32.2. The van der Waals surface area contributed by atoms with E-state index in [0.29, 0.717) is 62.9 Å². The molecule has 8 N–H and O–H groups in total. The highest BCUT2D eigenvalue weighted by Gasteiger charge is 2.45. The van der Waals surface area contributed by atoms with Gasteiger partial charge >= 0.3 is 0 Å². The van der Waals surface area contributed by atoms with E-state index >= 15 is 0 Å². The standard InChI is InChI=1S/C69H91N11O19S2/c1-9-33-70-60(82)26-20-37-99-56-41-54(80(90)91)48(40-55(56)98-8)45(3)75-63(85)44-74-67(89)51(76-64(86)43-73-62(84)42-72-61(83)25-19-36-79-65(87)31-32-66(79)88)21-16-17-34-71-59(81)24-15-12-18-35-78-53-30-28-47(101(95,96)97)39-50(53)69(6,7)58(78)23-14-11-13-22-57-68(4,5)49-38-46(100(92,93)94)27-29-52(49)77(57)10-2/h11,13-14,22-23,27-32,38-41,45,51H,9-10,12,15-21,24-26,33-37,42-44H2,1-8H3,(H8-,70,71,72,73,74,75,76,81,82,83,84,85,86,89,92,93,94,95,96,97)/t45?,51-/m0/s1. The Labute approximate surface area is 587 Å². The molecule has 0 radical (unpaired) electrons. The first-order chi connectivity index (χ1) is 47.7. The molecule has 0 bridgehead atoms. The van der Waals surface area contributed by atoms with Gasteiger partial charge in [0.15, 0.2) is 17.2 Å². The fourth-order valence-corrected chi connectivity index (χ4v) is 12.9. The third-order valence-electron chi connectivity index (χ3n) is 17.3. The van der Waals surface area contributed by atoms with Crippen LogP contribution >= 0.6 is 0 Å². The van der Waals surface area contributed by atoms with Crippen LogP contribution in [0.25, 0.3) is 0 Å². The van der Waals surface area contributed by atoms with Crippen molar-refractivity contribution >= 4 is 96.2 Å². The van der Waals surface area contributed by atoms with Crippen molar-refractivity contribution in [2.45, 2.75) is 158 Å². The van der Waals surface area contributed by atoms with Crippen molar-refractivity contribution in [3.63, 3.8) is 0 Å². The van der Waals surface area contributed by atoms with E-state index in [2.05, 4.69) is 46.7 Å². The van der Waals surface area contributed by atoms with Crippen molar-refractivity contribution in [2.24, 2.45) is 0 Å². The number of fused-ring (bicyclic) bond motifs is 2. The summed E-state index contributed by atoms with van der Waals surface area (Å²) in [5, 5.41) is 30.3. The molecule has 0 spiro atoms. The van der Waals surface area contributed by atoms with Crippen molar-refractivity contribution in [2.75, 3.05) is 71.0 Å². The third kappa shape index (κ3) is 22.4. The molecule has 0 aromatic heterocycles. The van der Waals surface area contributed by atoms with Crippen molar-refractivity contribution in [3.8, 4) is 11.5 Å². The maximum atomic E-state index is 13.8. The van der Waals surface area contributed by atoms with Gasteiger partial charge in [-0.05, 0) is 127 Å². The summed E-state index contributed by atoms with van der Waals surface area (Å²) in [6.45, 7) is 13.2. The number of ether oxygens (including phenoxy) is 2. The highest BCUT2D eigenvalue weighted by Crippen LogP contribution is 2.48. The zero-order valence-corrected chi connectivity index (χ0v) is 59.7. The van der Waals surface area contributed by atoms with E-state index in [1.54, 1.807) is 12.1 Å². The van der Waals surface area contributed by atoms with Gasteiger partial charge in [-0.15, -0.1) is 0 Å². The second-order valence-corrected chi connectivity index (χ2v) is 28.1. The van der Waals surface area contributed by atoms with Gasteiger partial charge in [-0.25, -0.2) is 8.42 Å². The number of anilines is 1. The van der Waals surface area contributed by atoms with Crippen LogP contribution in [0.3, 0.4) is 0 Å². The van der Waals surface area contributed by atoms with E-state index in [9.17, 15) is 79.2 Å². The van der Waals surface area contributed by atoms with Gasteiger partial charge in [0, 0.05) is 98.5 Å². The molecule has 101 heavy (non-hydrogen) atoms. The average Bonchev–Trinajstić information content (AvgIpc) is 1.60. The third-order valence-corrected chi connectivity index (χ3v) is 19.0. The number of unbranched alkanes of at least 4 members (excludes halogenated alkanes) is 3. The maximum absolute atomic E-state index is 13.8. The number of likely N-dealkylation sites (N-methyl/N-ethyl adjacent to an activating group) is 1. The molecular formula is C69H91N11O19S2. The van der Waals surface area contributed by atoms with Crippen LogP contribution in [0.15, 0.2) is 107 Å². The molecule has 1 unspecified atom stereocenters. The molecule has 2 atom stereocenters. The van der Waals surface area contributed by atoms with Gasteiger partial charge in [0.1, 0.15) is 22.7 Å². The highest BCUT2D eigenvalue weighted by molar-refractivity contribution is 7.86. The Bertz CT molecular complexity index is 4010. The quantitative estimate of drug-likeness (QED) is 0.00714. The fourth-order valence-electron chi connectivity index (χ4n) is 11.9. The topological polar surface area (TPSA) is 420 Å². The summed E-state index contributed by atoms with van der Waals surface area (Å²) < 4.78 is 83.6. The predicted octanol–water partition coefficient (Wildman–Crippen LogP) is 4.89. The van der Waals surface area contributed by atoms with Crippen LogP contribution in [0.1, 0.15) is 148 Å². The molecule has 6 rings (SSSR count). The van der Waals surface area contributed by atoms with E-state index in [0.717, 1.165) is 52.3 Å². The largest absolute Gasteiger partial charge is 0.744 e. The minimum atomic E-state index is -4.68. The van der Waals surface area contributed by atoms with E-state index in [-0.39, 0.29) is 96.9 Å². The van der Waals surface area contributed by atoms with Crippen molar-refractivity contribution in [1.82, 2.24) is 42.1 Å². The van der Waals surface area contributed by atoms with Gasteiger partial charge in [0.05, 0.1) is 71.2 Å². The Morgan fingerprint density at radius 1 is 0.673 bits per heavy atom. The lowest BCUT2D eigenvalue weighted by molar-refractivity contribution is -0.438. The van der Waals surface area contributed by atoms with Crippen LogP contribution in [0, 0.1) is 10.1 Å². The summed E-state index contributed by atoms with van der Waals surface area (Å²) in [7, 11) is -7.88. The molecule has 0 fully saturated rings. The number of nitro benzene ring substituents is 1. The molecular weight excluding hydrogens is 1350 g/mol. The van der Waals surface area contributed by atoms with Gasteiger partial charge in [-0.3, -0.25) is 62.7 Å². The summed E-state index contributed by atoms with van der Waals surface area (Å²) in [5.74, 6) is -4.93. The minimum Gasteiger partial charge on any atom is -0.744 e. The summed E-state index contributed by atoms with van der Waals surface area (Å²) in [6, 6.07) is 9.06. The monoisotopic (exact) mass is 1440 g/mol. The lowest BCUT2D eigenvalue weighted by Gasteiger charge is -2.25. The lowest BCUT2D eigenvalue weighted by Crippen LogP contribution is -2.51. The molecule has 3 aliphatic heterocycles. The summed E-state index contributed by atoms with van der Waals surface area (Å²) in [5.41, 5.74) is 2.93. The van der Waals surface area contributed by atoms with Crippen LogP contribution in [0.4, 0.5) is 17.1 Å². The molecule has 0 aliphatic carbocycles. The van der Waals surface area contributed by atoms with Crippen molar-refractivity contribution < 1.29 is 88.1 Å². The average molecular weight is 1440 g/mol. The number of imide groups is 1. The zero-order valence-electron chi connectivity index (χ0n) is 58.1. The molecule has 32 heteroatoms. The number of nitro groups is 1. The number of carbonyl (C=O) groups is 9. The molecule has 548 valence electrons. The first-order valence-corrected chi connectivity index (χ1v) is 36.2. The number of rotatable bonds is 40. The number of hydrogen-bond donors (Lipinski definition) is 8. The molecule has 3 aliphatic rings. The van der Waals surface area contributed by atoms with Crippen molar-refractivity contribution in [1.29, 1.82) is 0 Å². The minimum absolute atomic E-state index is 0.00300. The number of benzene rings is 3. The van der Waals surface area contributed by atoms with Gasteiger partial charge in [0.25, 0.3) is 27.6 Å². The number of amides is 9. The summed E-state index contributed by atoms with van der Waals surface area (Å²) in [6.07, 6.45) is 15.5. The van der Waals surface area contributed by atoms with E-state index in [4.69, 9.17) is 9.47 Å². The Morgan fingerprint density at radius 2 is 1.30 bits per heavy atom. The Morgan fingerprint density at radius 3 is 1.96 bits per heavy atom. The Kier molecular flexibility index (Phi) is 29.1. The molecule has 0 saturated carbocycles. The van der Waals surface area contributed by atoms with Gasteiger partial charge in [0.2, 0.25) is 47.0 Å². The van der Waals surface area contributed by atoms with Crippen LogP contribution < -0.4 is 51.6 Å². The lowest BCUT2D eigenvalue weighted by atomic mass is 9.81. The molecule has 3 aromatic rings. The SMILES string of the molecule is CCCNC(=O)CCCOc1cc([N+](=O)[O-])c(C(C)NC(=O)CNC(=O)[C@H](CCCCNC(=O)CCCCC[N+]2=C(/C=C/C=C/C=C3/N(CC)c4ccc(S(=O)(=O)[O-])cc4C3(C)C)C(C)(C)c3cc(S(=O)(=O)O)ccc32)NC(=O)CNC(=O)CNC(=O)CCCN2C(=O)C=CC2=O)cc1OC. The number of nitrogens with zero attached hydrogens (tertiary/aromatic N) is 4. The summed E-state index contributed by atoms with van der Waals surface area (Å²) >= 11 is 0. The molecule has 0 saturated heterocycles. The number of nitrogens with one attached hydrogen (secondary N) is 7. The first-order valence-electron chi connectivity index (χ1n) is 33.4.